The first kappa shape index (κ1) is 15.8. The highest BCUT2D eigenvalue weighted by molar-refractivity contribution is 7.99. The van der Waals surface area contributed by atoms with Gasteiger partial charge in [-0.1, -0.05) is 36.4 Å². The average Bonchev–Trinajstić information content (AvgIpc) is 3.22. The molecule has 1 aromatic carbocycles. The normalized spacial score (nSPS) is 10.6. The lowest BCUT2D eigenvalue weighted by Gasteiger charge is -2.08. The molecule has 0 bridgehead atoms. The van der Waals surface area contributed by atoms with Crippen LogP contribution in [0, 0.1) is 0 Å². The molecule has 0 fully saturated rings. The number of hydrogen-bond donors (Lipinski definition) is 1. The van der Waals surface area contributed by atoms with Gasteiger partial charge in [-0.25, -0.2) is 4.68 Å². The summed E-state index contributed by atoms with van der Waals surface area (Å²) in [6.07, 6.45) is 1.71. The molecule has 3 rings (SSSR count). The molecular formula is C17H17N3OS2. The summed E-state index contributed by atoms with van der Waals surface area (Å²) in [5.41, 5.74) is 1.23. The fourth-order valence-electron chi connectivity index (χ4n) is 2.13. The Morgan fingerprint density at radius 2 is 2.04 bits per heavy atom. The molecule has 2 heterocycles. The van der Waals surface area contributed by atoms with Crippen LogP contribution in [0.1, 0.15) is 10.4 Å². The zero-order valence-electron chi connectivity index (χ0n) is 12.5. The smallest absolute Gasteiger partial charge is 0.235 e. The summed E-state index contributed by atoms with van der Waals surface area (Å²) in [7, 11) is 0. The standard InChI is InChI=1S/C17H17N3OS2/c21-17(13-22-12-14-5-2-1-3-6-14)19-16-8-9-18-20(16)11-15-7-4-10-23-15/h1-10H,11-13H2,(H,19,21). The van der Waals surface area contributed by atoms with Crippen molar-refractivity contribution in [2.24, 2.45) is 0 Å². The fraction of sp³-hybridized carbons (Fsp3) is 0.176. The lowest BCUT2D eigenvalue weighted by molar-refractivity contribution is -0.113. The number of rotatable bonds is 7. The maximum atomic E-state index is 12.1. The van der Waals surface area contributed by atoms with Gasteiger partial charge in [0.1, 0.15) is 5.82 Å². The highest BCUT2D eigenvalue weighted by atomic mass is 32.2. The van der Waals surface area contributed by atoms with Gasteiger partial charge in [-0.05, 0) is 17.0 Å². The van der Waals surface area contributed by atoms with E-state index in [1.165, 1.54) is 10.4 Å². The monoisotopic (exact) mass is 343 g/mol. The van der Waals surface area contributed by atoms with Crippen molar-refractivity contribution in [3.63, 3.8) is 0 Å². The van der Waals surface area contributed by atoms with Crippen LogP contribution in [0.4, 0.5) is 5.82 Å². The largest absolute Gasteiger partial charge is 0.310 e. The van der Waals surface area contributed by atoms with Crippen molar-refractivity contribution in [1.82, 2.24) is 9.78 Å². The molecule has 23 heavy (non-hydrogen) atoms. The third-order valence-electron chi connectivity index (χ3n) is 3.21. The van der Waals surface area contributed by atoms with Gasteiger partial charge in [0.15, 0.2) is 0 Å². The topological polar surface area (TPSA) is 46.9 Å². The lowest BCUT2D eigenvalue weighted by atomic mass is 10.2. The number of anilines is 1. The quantitative estimate of drug-likeness (QED) is 0.708. The Labute approximate surface area is 143 Å². The molecule has 4 nitrogen and oxygen atoms in total. The number of benzene rings is 1. The first-order chi connectivity index (χ1) is 11.3. The second-order valence-electron chi connectivity index (χ2n) is 4.98. The number of thioether (sulfide) groups is 1. The minimum atomic E-state index is -0.00105. The van der Waals surface area contributed by atoms with Gasteiger partial charge >= 0.3 is 0 Å². The van der Waals surface area contributed by atoms with Crippen LogP contribution in [0.5, 0.6) is 0 Å². The second-order valence-corrected chi connectivity index (χ2v) is 7.00. The van der Waals surface area contributed by atoms with Crippen molar-refractivity contribution < 1.29 is 4.79 Å². The minimum Gasteiger partial charge on any atom is -0.310 e. The molecule has 2 aromatic heterocycles. The van der Waals surface area contributed by atoms with Crippen LogP contribution in [0.2, 0.25) is 0 Å². The summed E-state index contributed by atoms with van der Waals surface area (Å²) >= 11 is 3.29. The Morgan fingerprint density at radius 1 is 1.17 bits per heavy atom. The molecule has 0 aliphatic heterocycles. The summed E-state index contributed by atoms with van der Waals surface area (Å²) < 4.78 is 1.81. The van der Waals surface area contributed by atoms with Gasteiger partial charge in [-0.3, -0.25) is 4.79 Å². The van der Waals surface area contributed by atoms with E-state index in [1.54, 1.807) is 29.3 Å². The summed E-state index contributed by atoms with van der Waals surface area (Å²) in [6, 6.07) is 16.1. The Kier molecular flexibility index (Phi) is 5.50. The molecule has 0 aliphatic carbocycles. The van der Waals surface area contributed by atoms with Gasteiger partial charge < -0.3 is 5.32 Å². The Hall–Kier alpha value is -2.05. The number of nitrogens with zero attached hydrogens (tertiary/aromatic N) is 2. The first-order valence-corrected chi connectivity index (χ1v) is 9.30. The molecule has 6 heteroatoms. The highest BCUT2D eigenvalue weighted by Gasteiger charge is 2.08. The molecule has 0 unspecified atom stereocenters. The number of carbonyl (C=O) groups excluding carboxylic acids is 1. The van der Waals surface area contributed by atoms with Crippen molar-refractivity contribution in [3.8, 4) is 0 Å². The van der Waals surface area contributed by atoms with E-state index in [0.717, 1.165) is 11.6 Å². The van der Waals surface area contributed by atoms with E-state index in [0.29, 0.717) is 12.3 Å². The molecule has 1 N–H and O–H groups in total. The van der Waals surface area contributed by atoms with Gasteiger partial charge in [0.2, 0.25) is 5.91 Å². The SMILES string of the molecule is O=C(CSCc1ccccc1)Nc1ccnn1Cc1cccs1. The maximum Gasteiger partial charge on any atom is 0.235 e. The summed E-state index contributed by atoms with van der Waals surface area (Å²) in [4.78, 5) is 13.3. The molecule has 0 aliphatic rings. The van der Waals surface area contributed by atoms with E-state index in [2.05, 4.69) is 28.6 Å². The predicted octanol–water partition coefficient (Wildman–Crippen LogP) is 3.86. The Bertz CT molecular complexity index is 738. The third kappa shape index (κ3) is 4.71. The van der Waals surface area contributed by atoms with Crippen molar-refractivity contribution in [1.29, 1.82) is 0 Å². The van der Waals surface area contributed by atoms with Crippen LogP contribution in [0.15, 0.2) is 60.1 Å². The van der Waals surface area contributed by atoms with E-state index in [-0.39, 0.29) is 5.91 Å². The van der Waals surface area contributed by atoms with Gasteiger partial charge in [0.05, 0.1) is 18.5 Å². The van der Waals surface area contributed by atoms with Crippen molar-refractivity contribution in [2.75, 3.05) is 11.1 Å². The number of amides is 1. The van der Waals surface area contributed by atoms with E-state index >= 15 is 0 Å². The third-order valence-corrected chi connectivity index (χ3v) is 5.08. The van der Waals surface area contributed by atoms with Crippen molar-refractivity contribution in [3.05, 3.63) is 70.5 Å². The number of hydrogen-bond acceptors (Lipinski definition) is 4. The molecule has 0 spiro atoms. The summed E-state index contributed by atoms with van der Waals surface area (Å²) in [6.45, 7) is 0.678. The van der Waals surface area contributed by atoms with Crippen LogP contribution in [-0.2, 0) is 17.1 Å². The predicted molar refractivity (Wildman–Crippen MR) is 96.9 cm³/mol. The van der Waals surface area contributed by atoms with Gasteiger partial charge in [0.25, 0.3) is 0 Å². The van der Waals surface area contributed by atoms with E-state index in [4.69, 9.17) is 0 Å². The number of nitrogens with one attached hydrogen (secondary N) is 1. The zero-order valence-corrected chi connectivity index (χ0v) is 14.1. The molecule has 3 aromatic rings. The second kappa shape index (κ2) is 7.99. The van der Waals surface area contributed by atoms with Crippen LogP contribution in [0.3, 0.4) is 0 Å². The maximum absolute atomic E-state index is 12.1. The van der Waals surface area contributed by atoms with Crippen LogP contribution >= 0.6 is 23.1 Å². The van der Waals surface area contributed by atoms with Crippen LogP contribution < -0.4 is 5.32 Å². The molecule has 0 radical (unpaired) electrons. The number of aromatic nitrogens is 2. The molecule has 118 valence electrons. The van der Waals surface area contributed by atoms with Crippen molar-refractivity contribution in [2.45, 2.75) is 12.3 Å². The number of carbonyl (C=O) groups is 1. The summed E-state index contributed by atoms with van der Waals surface area (Å²) in [5.74, 6) is 2.00. The van der Waals surface area contributed by atoms with Gasteiger partial charge in [0, 0.05) is 16.7 Å². The first-order valence-electron chi connectivity index (χ1n) is 7.27. The fourth-order valence-corrected chi connectivity index (χ4v) is 3.60. The van der Waals surface area contributed by atoms with E-state index in [1.807, 2.05) is 40.4 Å². The van der Waals surface area contributed by atoms with Gasteiger partial charge in [-0.2, -0.15) is 5.10 Å². The van der Waals surface area contributed by atoms with Crippen LogP contribution in [-0.4, -0.2) is 21.4 Å². The number of thiophene rings is 1. The lowest BCUT2D eigenvalue weighted by Crippen LogP contribution is -2.17. The molecule has 0 saturated carbocycles. The minimum absolute atomic E-state index is 0.00105. The van der Waals surface area contributed by atoms with Gasteiger partial charge in [-0.15, -0.1) is 23.1 Å². The molecular weight excluding hydrogens is 326 g/mol. The average molecular weight is 343 g/mol. The Morgan fingerprint density at radius 3 is 2.83 bits per heavy atom. The van der Waals surface area contributed by atoms with E-state index < -0.39 is 0 Å². The van der Waals surface area contributed by atoms with Crippen LogP contribution in [0.25, 0.3) is 0 Å². The summed E-state index contributed by atoms with van der Waals surface area (Å²) in [5, 5.41) is 9.25. The molecule has 0 saturated heterocycles. The molecule has 1 amide bonds. The van der Waals surface area contributed by atoms with Crippen molar-refractivity contribution >= 4 is 34.8 Å². The van der Waals surface area contributed by atoms with E-state index in [9.17, 15) is 4.79 Å². The molecule has 0 atom stereocenters. The Balaban J connectivity index is 1.49. The highest BCUT2D eigenvalue weighted by Crippen LogP contribution is 2.15. The zero-order chi connectivity index (χ0) is 15.9.